The lowest BCUT2D eigenvalue weighted by Crippen LogP contribution is -2.26. The van der Waals surface area contributed by atoms with Gasteiger partial charge in [0.25, 0.3) is 0 Å². The largest absolute Gasteiger partial charge is 0.0771 e. The van der Waals surface area contributed by atoms with Crippen molar-refractivity contribution in [3.05, 3.63) is 24.3 Å². The molecule has 0 aromatic rings. The summed E-state index contributed by atoms with van der Waals surface area (Å²) in [5, 5.41) is 0. The highest BCUT2D eigenvalue weighted by atomic mass is 14.4. The Labute approximate surface area is 82.7 Å². The predicted molar refractivity (Wildman–Crippen MR) is 59.7 cm³/mol. The average Bonchev–Trinajstić information content (AvgIpc) is 2.68. The molecule has 0 saturated carbocycles. The minimum absolute atomic E-state index is 0.540. The van der Waals surface area contributed by atoms with Crippen LogP contribution in [0, 0.1) is 11.3 Å². The van der Waals surface area contributed by atoms with E-state index in [9.17, 15) is 0 Å². The fourth-order valence-corrected chi connectivity index (χ4v) is 2.58. The number of rotatable bonds is 5. The molecule has 13 heavy (non-hydrogen) atoms. The van der Waals surface area contributed by atoms with Crippen LogP contribution in [0.1, 0.15) is 46.5 Å². The van der Waals surface area contributed by atoms with Crippen molar-refractivity contribution in [1.82, 2.24) is 0 Å². The molecule has 1 rings (SSSR count). The van der Waals surface area contributed by atoms with Gasteiger partial charge in [-0.3, -0.25) is 0 Å². The smallest absolute Gasteiger partial charge is 0.000906 e. The van der Waals surface area contributed by atoms with Crippen molar-refractivity contribution in [1.29, 1.82) is 0 Å². The Morgan fingerprint density at radius 3 is 1.92 bits per heavy atom. The van der Waals surface area contributed by atoms with Crippen molar-refractivity contribution < 1.29 is 0 Å². The van der Waals surface area contributed by atoms with Crippen LogP contribution in [0.2, 0.25) is 0 Å². The van der Waals surface area contributed by atoms with E-state index < -0.39 is 0 Å². The SMILES string of the molecule is CCCC(CC)(CC)C1C=CC=C1. The summed E-state index contributed by atoms with van der Waals surface area (Å²) in [6.07, 6.45) is 14.4. The highest BCUT2D eigenvalue weighted by molar-refractivity contribution is 5.21. The summed E-state index contributed by atoms with van der Waals surface area (Å²) in [5.41, 5.74) is 0.540. The molecule has 0 atom stereocenters. The van der Waals surface area contributed by atoms with Crippen LogP contribution in [0.3, 0.4) is 0 Å². The second-order valence-corrected chi connectivity index (χ2v) is 4.12. The van der Waals surface area contributed by atoms with Gasteiger partial charge in [-0.25, -0.2) is 0 Å². The molecular formula is C13H22. The third-order valence-electron chi connectivity index (χ3n) is 3.61. The minimum Gasteiger partial charge on any atom is -0.0771 e. The van der Waals surface area contributed by atoms with Crippen LogP contribution in [0.15, 0.2) is 24.3 Å². The summed E-state index contributed by atoms with van der Waals surface area (Å²) in [6, 6.07) is 0. The molecule has 0 unspecified atom stereocenters. The van der Waals surface area contributed by atoms with Gasteiger partial charge in [-0.05, 0) is 24.7 Å². The Morgan fingerprint density at radius 1 is 1.00 bits per heavy atom. The van der Waals surface area contributed by atoms with Gasteiger partial charge < -0.3 is 0 Å². The van der Waals surface area contributed by atoms with E-state index in [4.69, 9.17) is 0 Å². The topological polar surface area (TPSA) is 0 Å². The van der Waals surface area contributed by atoms with Crippen LogP contribution in [0.25, 0.3) is 0 Å². The first-order chi connectivity index (χ1) is 6.29. The average molecular weight is 178 g/mol. The molecule has 0 amide bonds. The van der Waals surface area contributed by atoms with E-state index in [1.54, 1.807) is 0 Å². The van der Waals surface area contributed by atoms with Gasteiger partial charge >= 0.3 is 0 Å². The third kappa shape index (κ3) is 2.04. The van der Waals surface area contributed by atoms with Crippen LogP contribution in [0.5, 0.6) is 0 Å². The maximum absolute atomic E-state index is 2.36. The number of allylic oxidation sites excluding steroid dienone is 4. The summed E-state index contributed by atoms with van der Waals surface area (Å²) in [5.74, 6) is 0.697. The Balaban J connectivity index is 2.74. The van der Waals surface area contributed by atoms with E-state index in [1.807, 2.05) is 0 Å². The summed E-state index contributed by atoms with van der Waals surface area (Å²) >= 11 is 0. The first-order valence-corrected chi connectivity index (χ1v) is 5.64. The Kier molecular flexibility index (Phi) is 3.77. The van der Waals surface area contributed by atoms with Crippen molar-refractivity contribution in [2.45, 2.75) is 46.5 Å². The van der Waals surface area contributed by atoms with Gasteiger partial charge in [-0.15, -0.1) is 0 Å². The molecule has 0 N–H and O–H groups in total. The minimum atomic E-state index is 0.540. The molecule has 0 bridgehead atoms. The first-order valence-electron chi connectivity index (χ1n) is 5.64. The molecule has 1 aliphatic rings. The van der Waals surface area contributed by atoms with Gasteiger partial charge in [-0.1, -0.05) is 51.5 Å². The number of hydrogen-bond acceptors (Lipinski definition) is 0. The molecule has 0 aromatic carbocycles. The van der Waals surface area contributed by atoms with E-state index in [2.05, 4.69) is 45.1 Å². The standard InChI is InChI=1S/C13H22/c1-4-11-13(5-2,6-3)12-9-7-8-10-12/h7-10,12H,4-6,11H2,1-3H3. The molecule has 0 radical (unpaired) electrons. The lowest BCUT2D eigenvalue weighted by molar-refractivity contribution is 0.192. The molecule has 0 aliphatic heterocycles. The highest BCUT2D eigenvalue weighted by Crippen LogP contribution is 2.42. The second kappa shape index (κ2) is 4.64. The van der Waals surface area contributed by atoms with Crippen molar-refractivity contribution in [3.63, 3.8) is 0 Å². The Morgan fingerprint density at radius 2 is 1.54 bits per heavy atom. The van der Waals surface area contributed by atoms with E-state index in [-0.39, 0.29) is 0 Å². The molecule has 0 spiro atoms. The maximum atomic E-state index is 2.36. The van der Waals surface area contributed by atoms with Crippen molar-refractivity contribution in [2.75, 3.05) is 0 Å². The first kappa shape index (κ1) is 10.6. The molecule has 74 valence electrons. The fraction of sp³-hybridized carbons (Fsp3) is 0.692. The van der Waals surface area contributed by atoms with Gasteiger partial charge in [0.15, 0.2) is 0 Å². The van der Waals surface area contributed by atoms with Crippen LogP contribution in [-0.2, 0) is 0 Å². The summed E-state index contributed by atoms with van der Waals surface area (Å²) < 4.78 is 0. The van der Waals surface area contributed by atoms with E-state index in [0.717, 1.165) is 0 Å². The number of hydrogen-bond donors (Lipinski definition) is 0. The Bertz CT molecular complexity index is 182. The molecule has 1 aliphatic carbocycles. The molecule has 0 fully saturated rings. The molecule has 0 saturated heterocycles. The third-order valence-corrected chi connectivity index (χ3v) is 3.61. The van der Waals surface area contributed by atoms with Crippen molar-refractivity contribution in [2.24, 2.45) is 11.3 Å². The summed E-state index contributed by atoms with van der Waals surface area (Å²) in [6.45, 7) is 6.96. The predicted octanol–water partition coefficient (Wildman–Crippen LogP) is 4.34. The van der Waals surface area contributed by atoms with E-state index in [0.29, 0.717) is 11.3 Å². The van der Waals surface area contributed by atoms with Gasteiger partial charge in [0.05, 0.1) is 0 Å². The molecule has 0 nitrogen and oxygen atoms in total. The zero-order valence-corrected chi connectivity index (χ0v) is 9.22. The molecule has 0 heteroatoms. The van der Waals surface area contributed by atoms with E-state index in [1.165, 1.54) is 25.7 Å². The van der Waals surface area contributed by atoms with Crippen molar-refractivity contribution >= 4 is 0 Å². The maximum Gasteiger partial charge on any atom is 0.000906 e. The summed E-state index contributed by atoms with van der Waals surface area (Å²) in [4.78, 5) is 0. The van der Waals surface area contributed by atoms with Crippen molar-refractivity contribution in [3.8, 4) is 0 Å². The van der Waals surface area contributed by atoms with Crippen LogP contribution in [-0.4, -0.2) is 0 Å². The highest BCUT2D eigenvalue weighted by Gasteiger charge is 2.32. The van der Waals surface area contributed by atoms with Gasteiger partial charge in [-0.2, -0.15) is 0 Å². The summed E-state index contributed by atoms with van der Waals surface area (Å²) in [7, 11) is 0. The molecule has 0 heterocycles. The van der Waals surface area contributed by atoms with Crippen LogP contribution in [0.4, 0.5) is 0 Å². The lowest BCUT2D eigenvalue weighted by atomic mass is 9.69. The normalized spacial score (nSPS) is 17.2. The van der Waals surface area contributed by atoms with E-state index >= 15 is 0 Å². The lowest BCUT2D eigenvalue weighted by Gasteiger charge is -2.36. The zero-order chi connectivity index (χ0) is 9.73. The fourth-order valence-electron chi connectivity index (χ4n) is 2.58. The molecular weight excluding hydrogens is 156 g/mol. The second-order valence-electron chi connectivity index (χ2n) is 4.12. The molecule has 0 aromatic heterocycles. The quantitative estimate of drug-likeness (QED) is 0.587. The van der Waals surface area contributed by atoms with Gasteiger partial charge in [0.1, 0.15) is 0 Å². The van der Waals surface area contributed by atoms with Crippen LogP contribution >= 0.6 is 0 Å². The van der Waals surface area contributed by atoms with Crippen LogP contribution < -0.4 is 0 Å². The van der Waals surface area contributed by atoms with Gasteiger partial charge in [0, 0.05) is 5.92 Å². The van der Waals surface area contributed by atoms with Gasteiger partial charge in [0.2, 0.25) is 0 Å². The Hall–Kier alpha value is -0.520. The zero-order valence-electron chi connectivity index (χ0n) is 9.22. The monoisotopic (exact) mass is 178 g/mol.